The van der Waals surface area contributed by atoms with Crippen LogP contribution in [0.4, 0.5) is 0 Å². The molecule has 0 unspecified atom stereocenters. The molecule has 0 bridgehead atoms. The van der Waals surface area contributed by atoms with E-state index in [1.807, 2.05) is 41.5 Å². The van der Waals surface area contributed by atoms with Crippen molar-refractivity contribution in [3.63, 3.8) is 0 Å². The van der Waals surface area contributed by atoms with Crippen LogP contribution in [0.5, 0.6) is 34.5 Å². The molecule has 7 heteroatoms. The Balaban J connectivity index is 0.000000406. The first-order chi connectivity index (χ1) is 24.8. The van der Waals surface area contributed by atoms with Gasteiger partial charge in [0.05, 0.1) is 5.41 Å². The summed E-state index contributed by atoms with van der Waals surface area (Å²) in [6.45, 7) is 25.8. The van der Waals surface area contributed by atoms with Crippen molar-refractivity contribution < 1.29 is 30.6 Å². The molecule has 6 nitrogen and oxygen atoms in total. The Labute approximate surface area is 333 Å². The fraction of sp³-hybridized carbons (Fsp3) is 0.447. The number of halogens is 1. The molecule has 0 saturated heterocycles. The van der Waals surface area contributed by atoms with E-state index >= 15 is 0 Å². The van der Waals surface area contributed by atoms with Crippen molar-refractivity contribution in [2.75, 3.05) is 0 Å². The van der Waals surface area contributed by atoms with Crippen LogP contribution in [0.15, 0.2) is 53.0 Å². The van der Waals surface area contributed by atoms with Gasteiger partial charge in [0, 0.05) is 28.5 Å². The Hall–Kier alpha value is -4.46. The van der Waals surface area contributed by atoms with Crippen molar-refractivity contribution in [1.29, 1.82) is 0 Å². The highest BCUT2D eigenvalue weighted by Crippen LogP contribution is 2.37. The summed E-state index contributed by atoms with van der Waals surface area (Å²) < 4.78 is 1.13. The molecule has 0 spiro atoms. The third-order valence-electron chi connectivity index (χ3n) is 8.83. The summed E-state index contributed by atoms with van der Waals surface area (Å²) in [5, 5.41) is 58.2. The van der Waals surface area contributed by atoms with Gasteiger partial charge < -0.3 is 30.6 Å². The van der Waals surface area contributed by atoms with Crippen molar-refractivity contribution in [2.24, 2.45) is 11.3 Å². The zero-order valence-corrected chi connectivity index (χ0v) is 36.2. The highest BCUT2D eigenvalue weighted by molar-refractivity contribution is 9.11. The molecule has 0 aliphatic heterocycles. The third-order valence-corrected chi connectivity index (χ3v) is 9.16. The van der Waals surface area contributed by atoms with Crippen LogP contribution in [0.1, 0.15) is 128 Å². The standard InChI is InChI=1S/C17H24O2.C15H21BrO2.C15H18O2/c1-12(2)8-6-7-9-17(4,5)14-10-15(18)13(3)16(19)11-14;1-10(16)6-5-7-15(3,4)12-8-13(17)11(2)14(18)9-12;1-11-13(16)9-12(10-14(11)17)7-5-6-8-15(2,3)4/h10-12,18-19H,6,8H2,1-5H3;6,8-9,17-18H,5,7H2,1-4H3;5,7,9-10,16-17H,1-4H3/b;10-6+;7-5+. The number of benzene rings is 3. The number of rotatable bonds is 8. The average Bonchev–Trinajstić information content (AvgIpc) is 3.04. The summed E-state index contributed by atoms with van der Waals surface area (Å²) in [6.07, 6.45) is 9.50. The first-order valence-corrected chi connectivity index (χ1v) is 19.2. The van der Waals surface area contributed by atoms with E-state index < -0.39 is 0 Å². The van der Waals surface area contributed by atoms with Crippen molar-refractivity contribution in [3.05, 3.63) is 86.4 Å². The number of hydrogen-bond acceptors (Lipinski definition) is 6. The summed E-state index contributed by atoms with van der Waals surface area (Å²) in [5.41, 5.74) is 3.58. The van der Waals surface area contributed by atoms with E-state index in [-0.39, 0.29) is 50.7 Å². The minimum atomic E-state index is -0.375. The molecule has 0 heterocycles. The molecule has 3 rings (SSSR count). The predicted molar refractivity (Wildman–Crippen MR) is 230 cm³/mol. The number of allylic oxidation sites excluding steroid dienone is 3. The Kier molecular flexibility index (Phi) is 18.4. The van der Waals surface area contributed by atoms with Gasteiger partial charge in [-0.1, -0.05) is 67.5 Å². The summed E-state index contributed by atoms with van der Waals surface area (Å²) in [4.78, 5) is 0. The summed E-state index contributed by atoms with van der Waals surface area (Å²) in [5.74, 6) is 13.8. The van der Waals surface area contributed by atoms with E-state index in [4.69, 9.17) is 0 Å². The van der Waals surface area contributed by atoms with Gasteiger partial charge in [0.1, 0.15) is 34.5 Å². The SMILES string of the molecule is C/C(Br)=C\CCC(C)(C)c1cc(O)c(C)c(O)c1.Cc1c(O)cc(/C=C/C#CC(C)(C)C)cc1O.Cc1c(O)cc(C(C)(C)C#CCCC(C)C)cc1O. The van der Waals surface area contributed by atoms with Crippen LogP contribution in [-0.4, -0.2) is 30.6 Å². The second-order valence-electron chi connectivity index (χ2n) is 16.4. The predicted octanol–water partition coefficient (Wildman–Crippen LogP) is 12.4. The van der Waals surface area contributed by atoms with Crippen LogP contribution in [0, 0.1) is 55.8 Å². The molecular weight excluding hydrogens is 740 g/mol. The lowest BCUT2D eigenvalue weighted by Crippen LogP contribution is -2.16. The Morgan fingerprint density at radius 1 is 0.685 bits per heavy atom. The zero-order valence-electron chi connectivity index (χ0n) is 34.7. The molecule has 0 amide bonds. The molecule has 0 radical (unpaired) electrons. The lowest BCUT2D eigenvalue weighted by atomic mass is 9.80. The normalized spacial score (nSPS) is 11.8. The third kappa shape index (κ3) is 16.7. The Bertz CT molecular complexity index is 1830. The van der Waals surface area contributed by atoms with Crippen molar-refractivity contribution >= 4 is 22.0 Å². The molecule has 0 aromatic heterocycles. The zero-order chi connectivity index (χ0) is 41.6. The molecule has 54 heavy (non-hydrogen) atoms. The van der Waals surface area contributed by atoms with E-state index in [0.717, 1.165) is 46.9 Å². The molecule has 3 aromatic carbocycles. The fourth-order valence-electron chi connectivity index (χ4n) is 4.81. The quantitative estimate of drug-likeness (QED) is 0.126. The van der Waals surface area contributed by atoms with Gasteiger partial charge in [0.2, 0.25) is 0 Å². The fourth-order valence-corrected chi connectivity index (χ4v) is 5.04. The molecule has 3 aromatic rings. The second-order valence-corrected chi connectivity index (χ2v) is 17.6. The van der Waals surface area contributed by atoms with Gasteiger partial charge in [-0.2, -0.15) is 0 Å². The highest BCUT2D eigenvalue weighted by Gasteiger charge is 2.22. The monoisotopic (exact) mass is 802 g/mol. The van der Waals surface area contributed by atoms with Crippen LogP contribution in [0.2, 0.25) is 0 Å². The van der Waals surface area contributed by atoms with Crippen LogP contribution in [-0.2, 0) is 10.8 Å². The molecule has 0 atom stereocenters. The minimum absolute atomic E-state index is 0.0259. The molecule has 0 saturated carbocycles. The maximum absolute atomic E-state index is 9.78. The number of phenolic OH excluding ortho intramolecular Hbond substituents is 6. The van der Waals surface area contributed by atoms with Crippen molar-refractivity contribution in [3.8, 4) is 58.2 Å². The average molecular weight is 804 g/mol. The van der Waals surface area contributed by atoms with Gasteiger partial charge in [0.15, 0.2) is 0 Å². The van der Waals surface area contributed by atoms with Crippen LogP contribution in [0.25, 0.3) is 6.08 Å². The van der Waals surface area contributed by atoms with E-state index in [1.165, 1.54) is 0 Å². The molecule has 0 fully saturated rings. The van der Waals surface area contributed by atoms with E-state index in [1.54, 1.807) is 69.3 Å². The Morgan fingerprint density at radius 3 is 1.52 bits per heavy atom. The van der Waals surface area contributed by atoms with Gasteiger partial charge in [-0.25, -0.2) is 0 Å². The Morgan fingerprint density at radius 2 is 1.11 bits per heavy atom. The minimum Gasteiger partial charge on any atom is -0.508 e. The number of hydrogen-bond donors (Lipinski definition) is 6. The van der Waals surface area contributed by atoms with E-state index in [9.17, 15) is 30.6 Å². The van der Waals surface area contributed by atoms with Gasteiger partial charge in [0.25, 0.3) is 0 Å². The maximum atomic E-state index is 9.78. The van der Waals surface area contributed by atoms with Crippen molar-refractivity contribution in [1.82, 2.24) is 0 Å². The highest BCUT2D eigenvalue weighted by atomic mass is 79.9. The largest absolute Gasteiger partial charge is 0.508 e. The van der Waals surface area contributed by atoms with Gasteiger partial charge in [-0.3, -0.25) is 0 Å². The molecule has 294 valence electrons. The van der Waals surface area contributed by atoms with Crippen LogP contribution < -0.4 is 0 Å². The summed E-state index contributed by atoms with van der Waals surface area (Å²) in [7, 11) is 0. The molecule has 0 aliphatic carbocycles. The van der Waals surface area contributed by atoms with E-state index in [0.29, 0.717) is 22.6 Å². The molecule has 0 aliphatic rings. The summed E-state index contributed by atoms with van der Waals surface area (Å²) >= 11 is 3.41. The number of aromatic hydroxyl groups is 6. The van der Waals surface area contributed by atoms with E-state index in [2.05, 4.69) is 73.4 Å². The molecular formula is C47H63BrO6. The molecule has 6 N–H and O–H groups in total. The second kappa shape index (κ2) is 20.8. The lowest BCUT2D eigenvalue weighted by molar-refractivity contribution is 0.429. The number of phenols is 6. The summed E-state index contributed by atoms with van der Waals surface area (Å²) in [6, 6.07) is 10.1. The van der Waals surface area contributed by atoms with Crippen LogP contribution >= 0.6 is 15.9 Å². The van der Waals surface area contributed by atoms with Gasteiger partial charge in [-0.15, -0.1) is 5.92 Å². The van der Waals surface area contributed by atoms with Gasteiger partial charge >= 0.3 is 0 Å². The smallest absolute Gasteiger partial charge is 0.122 e. The topological polar surface area (TPSA) is 121 Å². The first kappa shape index (κ1) is 47.6. The van der Waals surface area contributed by atoms with Crippen molar-refractivity contribution in [2.45, 2.75) is 127 Å². The lowest BCUT2D eigenvalue weighted by Gasteiger charge is -2.25. The first-order valence-electron chi connectivity index (χ1n) is 18.4. The van der Waals surface area contributed by atoms with Crippen LogP contribution in [0.3, 0.4) is 0 Å². The maximum Gasteiger partial charge on any atom is 0.122 e. The van der Waals surface area contributed by atoms with Gasteiger partial charge in [-0.05, 0) is 163 Å².